The molecule has 3 aromatic rings. The zero-order valence-corrected chi connectivity index (χ0v) is 16.5. The van der Waals surface area contributed by atoms with Gasteiger partial charge in [0.15, 0.2) is 6.61 Å². The summed E-state index contributed by atoms with van der Waals surface area (Å²) in [4.78, 5) is 24.9. The highest BCUT2D eigenvalue weighted by atomic mass is 32.1. The Bertz CT molecular complexity index is 948. The lowest BCUT2D eigenvalue weighted by molar-refractivity contribution is -0.118. The molecule has 0 fully saturated rings. The molecule has 2 aromatic carbocycles. The van der Waals surface area contributed by atoms with E-state index in [9.17, 15) is 9.59 Å². The van der Waals surface area contributed by atoms with Crippen molar-refractivity contribution in [2.45, 2.75) is 13.8 Å². The molecule has 1 heterocycles. The maximum atomic E-state index is 12.6. The van der Waals surface area contributed by atoms with Gasteiger partial charge in [-0.15, -0.1) is 11.3 Å². The number of thiophene rings is 1. The Morgan fingerprint density at radius 1 is 1.04 bits per heavy atom. The Kier molecular flexibility index (Phi) is 6.45. The molecular weight excluding hydrogens is 374 g/mol. The molecule has 0 saturated carbocycles. The number of carbonyl (C=O) groups is 2. The van der Waals surface area contributed by atoms with Crippen LogP contribution in [0.4, 0.5) is 5.00 Å². The number of carbonyl (C=O) groups excluding carboxylic acids is 2. The van der Waals surface area contributed by atoms with Crippen molar-refractivity contribution < 1.29 is 19.1 Å². The van der Waals surface area contributed by atoms with Crippen LogP contribution in [0.1, 0.15) is 22.8 Å². The number of ether oxygens (including phenoxy) is 2. The quantitative estimate of drug-likeness (QED) is 0.577. The largest absolute Gasteiger partial charge is 0.484 e. The molecule has 0 aliphatic rings. The van der Waals surface area contributed by atoms with Gasteiger partial charge in [0.05, 0.1) is 6.61 Å². The summed E-state index contributed by atoms with van der Waals surface area (Å²) in [6, 6.07) is 16.9. The molecular formula is C22H21NO4S. The summed E-state index contributed by atoms with van der Waals surface area (Å²) < 4.78 is 10.7. The van der Waals surface area contributed by atoms with E-state index in [1.807, 2.05) is 54.8 Å². The van der Waals surface area contributed by atoms with Crippen LogP contribution in [-0.4, -0.2) is 25.1 Å². The van der Waals surface area contributed by atoms with Crippen molar-refractivity contribution >= 4 is 28.2 Å². The number of benzene rings is 2. The Morgan fingerprint density at radius 2 is 1.75 bits per heavy atom. The van der Waals surface area contributed by atoms with E-state index in [4.69, 9.17) is 9.47 Å². The lowest BCUT2D eigenvalue weighted by Gasteiger charge is -2.10. The van der Waals surface area contributed by atoms with E-state index in [1.165, 1.54) is 11.3 Å². The van der Waals surface area contributed by atoms with E-state index in [2.05, 4.69) is 5.32 Å². The first-order valence-electron chi connectivity index (χ1n) is 8.92. The van der Waals surface area contributed by atoms with E-state index < -0.39 is 5.97 Å². The zero-order chi connectivity index (χ0) is 19.9. The maximum absolute atomic E-state index is 12.6. The lowest BCUT2D eigenvalue weighted by atomic mass is 10.0. The molecule has 1 aromatic heterocycles. The third kappa shape index (κ3) is 4.78. The van der Waals surface area contributed by atoms with Gasteiger partial charge in [0.1, 0.15) is 16.3 Å². The fourth-order valence-electron chi connectivity index (χ4n) is 2.63. The minimum absolute atomic E-state index is 0.149. The number of hydrogen-bond acceptors (Lipinski definition) is 5. The molecule has 0 unspecified atom stereocenters. The van der Waals surface area contributed by atoms with Crippen LogP contribution in [0.5, 0.6) is 5.75 Å². The third-order valence-corrected chi connectivity index (χ3v) is 4.89. The van der Waals surface area contributed by atoms with Crippen LogP contribution in [0.25, 0.3) is 11.1 Å². The van der Waals surface area contributed by atoms with Crippen LogP contribution in [-0.2, 0) is 9.53 Å². The monoisotopic (exact) mass is 395 g/mol. The predicted molar refractivity (Wildman–Crippen MR) is 111 cm³/mol. The van der Waals surface area contributed by atoms with Gasteiger partial charge in [0, 0.05) is 10.9 Å². The zero-order valence-electron chi connectivity index (χ0n) is 15.7. The first-order valence-corrected chi connectivity index (χ1v) is 9.79. The second-order valence-electron chi connectivity index (χ2n) is 6.09. The highest BCUT2D eigenvalue weighted by molar-refractivity contribution is 7.15. The Hall–Kier alpha value is -3.12. The molecule has 3 rings (SSSR count). The van der Waals surface area contributed by atoms with Crippen LogP contribution < -0.4 is 10.1 Å². The van der Waals surface area contributed by atoms with Gasteiger partial charge in [-0.1, -0.05) is 48.0 Å². The standard InChI is InChI=1S/C22H21NO4S/c1-3-26-22(25)20-18(16-11-9-15(2)10-12-16)14-28-21(20)23-19(24)13-27-17-7-5-4-6-8-17/h4-12,14H,3,13H2,1-2H3,(H,23,24). The van der Waals surface area contributed by atoms with Crippen LogP contribution in [0.3, 0.4) is 0 Å². The van der Waals surface area contributed by atoms with E-state index in [0.29, 0.717) is 16.3 Å². The van der Waals surface area contributed by atoms with Crippen LogP contribution in [0, 0.1) is 6.92 Å². The molecule has 1 N–H and O–H groups in total. The summed E-state index contributed by atoms with van der Waals surface area (Å²) in [6.45, 7) is 3.86. The number of amides is 1. The smallest absolute Gasteiger partial charge is 0.341 e. The molecule has 1 amide bonds. The van der Waals surface area contributed by atoms with Crippen LogP contribution in [0.2, 0.25) is 0 Å². The number of rotatable bonds is 7. The van der Waals surface area contributed by atoms with Gasteiger partial charge in [0.25, 0.3) is 5.91 Å². The van der Waals surface area contributed by atoms with Crippen molar-refractivity contribution in [3.05, 3.63) is 71.1 Å². The summed E-state index contributed by atoms with van der Waals surface area (Å²) in [6.07, 6.45) is 0. The Balaban J connectivity index is 1.80. The molecule has 0 spiro atoms. The van der Waals surface area contributed by atoms with Crippen LogP contribution >= 0.6 is 11.3 Å². The molecule has 0 aliphatic carbocycles. The average molecular weight is 395 g/mol. The molecule has 5 nitrogen and oxygen atoms in total. The number of esters is 1. The highest BCUT2D eigenvalue weighted by Gasteiger charge is 2.22. The molecule has 0 atom stereocenters. The maximum Gasteiger partial charge on any atom is 0.341 e. The Morgan fingerprint density at radius 3 is 2.43 bits per heavy atom. The Labute approximate surface area is 167 Å². The predicted octanol–water partition coefficient (Wildman–Crippen LogP) is 4.92. The van der Waals surface area contributed by atoms with Gasteiger partial charge in [-0.25, -0.2) is 4.79 Å². The van der Waals surface area contributed by atoms with Gasteiger partial charge in [0.2, 0.25) is 0 Å². The average Bonchev–Trinajstić information content (AvgIpc) is 3.11. The van der Waals surface area contributed by atoms with Gasteiger partial charge in [-0.2, -0.15) is 0 Å². The normalized spacial score (nSPS) is 10.4. The SMILES string of the molecule is CCOC(=O)c1c(-c2ccc(C)cc2)csc1NC(=O)COc1ccccc1. The summed E-state index contributed by atoms with van der Waals surface area (Å²) in [5, 5.41) is 5.08. The molecule has 6 heteroatoms. The molecule has 28 heavy (non-hydrogen) atoms. The van der Waals surface area contributed by atoms with E-state index in [1.54, 1.807) is 19.1 Å². The van der Waals surface area contributed by atoms with E-state index in [0.717, 1.165) is 16.7 Å². The fourth-order valence-corrected chi connectivity index (χ4v) is 3.60. The minimum atomic E-state index is -0.460. The first-order chi connectivity index (χ1) is 13.6. The van der Waals surface area contributed by atoms with Crippen molar-refractivity contribution in [3.63, 3.8) is 0 Å². The minimum Gasteiger partial charge on any atom is -0.484 e. The van der Waals surface area contributed by atoms with Crippen molar-refractivity contribution in [1.82, 2.24) is 0 Å². The molecule has 0 aliphatic heterocycles. The highest BCUT2D eigenvalue weighted by Crippen LogP contribution is 2.36. The van der Waals surface area contributed by atoms with Gasteiger partial charge >= 0.3 is 5.97 Å². The van der Waals surface area contributed by atoms with Gasteiger partial charge in [-0.05, 0) is 31.5 Å². The molecule has 0 radical (unpaired) electrons. The summed E-state index contributed by atoms with van der Waals surface area (Å²) in [7, 11) is 0. The number of aryl methyl sites for hydroxylation is 1. The second-order valence-corrected chi connectivity index (χ2v) is 6.97. The number of nitrogens with one attached hydrogen (secondary N) is 1. The van der Waals surface area contributed by atoms with E-state index >= 15 is 0 Å². The molecule has 144 valence electrons. The van der Waals surface area contributed by atoms with Gasteiger partial charge in [-0.3, -0.25) is 4.79 Å². The number of para-hydroxylation sites is 1. The summed E-state index contributed by atoms with van der Waals surface area (Å²) in [5.41, 5.74) is 3.13. The summed E-state index contributed by atoms with van der Waals surface area (Å²) >= 11 is 1.29. The van der Waals surface area contributed by atoms with Crippen molar-refractivity contribution in [2.75, 3.05) is 18.5 Å². The second kappa shape index (κ2) is 9.19. The topological polar surface area (TPSA) is 64.6 Å². The molecule has 0 bridgehead atoms. The number of anilines is 1. The summed E-state index contributed by atoms with van der Waals surface area (Å²) in [5.74, 6) is -0.194. The van der Waals surface area contributed by atoms with Crippen LogP contribution in [0.15, 0.2) is 60.0 Å². The number of hydrogen-bond donors (Lipinski definition) is 1. The fraction of sp³-hybridized carbons (Fsp3) is 0.182. The third-order valence-electron chi connectivity index (χ3n) is 4.00. The lowest BCUT2D eigenvalue weighted by Crippen LogP contribution is -2.21. The molecule has 0 saturated heterocycles. The first kappa shape index (κ1) is 19.6. The van der Waals surface area contributed by atoms with Crippen molar-refractivity contribution in [1.29, 1.82) is 0 Å². The van der Waals surface area contributed by atoms with Gasteiger partial charge < -0.3 is 14.8 Å². The van der Waals surface area contributed by atoms with Crippen molar-refractivity contribution in [3.8, 4) is 16.9 Å². The van der Waals surface area contributed by atoms with E-state index in [-0.39, 0.29) is 19.1 Å². The van der Waals surface area contributed by atoms with Crippen molar-refractivity contribution in [2.24, 2.45) is 0 Å².